The fourth-order valence-corrected chi connectivity index (χ4v) is 3.02. The van der Waals surface area contributed by atoms with Crippen LogP contribution in [0.4, 0.5) is 0 Å². The molecule has 4 rings (SSSR count). The number of para-hydroxylation sites is 1. The molecular weight excluding hydrogens is 294 g/mol. The van der Waals surface area contributed by atoms with E-state index in [1.807, 2.05) is 41.4 Å². The first-order valence-electron chi connectivity index (χ1n) is 7.27. The minimum Gasteiger partial charge on any atom is -0.297 e. The van der Waals surface area contributed by atoms with Gasteiger partial charge in [0.1, 0.15) is 11.8 Å². The Kier molecular flexibility index (Phi) is 3.09. The summed E-state index contributed by atoms with van der Waals surface area (Å²) in [6.45, 7) is 2.15. The van der Waals surface area contributed by atoms with Gasteiger partial charge in [-0.25, -0.2) is 4.98 Å². The van der Waals surface area contributed by atoms with Crippen molar-refractivity contribution in [3.8, 4) is 5.69 Å². The summed E-state index contributed by atoms with van der Waals surface area (Å²) in [6.07, 6.45) is 4.62. The Morgan fingerprint density at radius 3 is 2.73 bits per heavy atom. The standard InChI is InChI=1S/C18H14ClN3/c1-2-12-7-8-15-13(9-12)18-16(10-20-15)21-11-22(18)17-6-4-3-5-14(17)19/h3-11H,2H2,1H3. The molecule has 0 aliphatic rings. The molecule has 0 bridgehead atoms. The maximum absolute atomic E-state index is 6.36. The molecule has 0 fully saturated rings. The van der Waals surface area contributed by atoms with Crippen molar-refractivity contribution in [2.24, 2.45) is 0 Å². The van der Waals surface area contributed by atoms with E-state index in [2.05, 4.69) is 35.1 Å². The fraction of sp³-hybridized carbons (Fsp3) is 0.111. The summed E-state index contributed by atoms with van der Waals surface area (Å²) in [7, 11) is 0. The van der Waals surface area contributed by atoms with E-state index in [1.54, 1.807) is 0 Å². The predicted octanol–water partition coefficient (Wildman–Crippen LogP) is 4.79. The van der Waals surface area contributed by atoms with Crippen molar-refractivity contribution < 1.29 is 0 Å². The summed E-state index contributed by atoms with van der Waals surface area (Å²) < 4.78 is 2.04. The SMILES string of the molecule is CCc1ccc2ncc3ncn(-c4ccccc4Cl)c3c2c1. The lowest BCUT2D eigenvalue weighted by molar-refractivity contribution is 1.09. The number of imidazole rings is 1. The van der Waals surface area contributed by atoms with Gasteiger partial charge in [0.05, 0.1) is 27.9 Å². The third-order valence-electron chi connectivity index (χ3n) is 3.96. The van der Waals surface area contributed by atoms with Gasteiger partial charge < -0.3 is 0 Å². The molecule has 22 heavy (non-hydrogen) atoms. The molecule has 0 radical (unpaired) electrons. The largest absolute Gasteiger partial charge is 0.297 e. The monoisotopic (exact) mass is 307 g/mol. The van der Waals surface area contributed by atoms with E-state index >= 15 is 0 Å². The minimum absolute atomic E-state index is 0.707. The van der Waals surface area contributed by atoms with Crippen LogP contribution in [-0.2, 0) is 6.42 Å². The molecule has 108 valence electrons. The van der Waals surface area contributed by atoms with E-state index < -0.39 is 0 Å². The number of rotatable bonds is 2. The molecule has 2 heterocycles. The average Bonchev–Trinajstić information content (AvgIpc) is 2.99. The third kappa shape index (κ3) is 1.97. The summed E-state index contributed by atoms with van der Waals surface area (Å²) in [5.74, 6) is 0. The Morgan fingerprint density at radius 1 is 1.05 bits per heavy atom. The smallest absolute Gasteiger partial charge is 0.108 e. The van der Waals surface area contributed by atoms with Crippen molar-refractivity contribution in [3.05, 3.63) is 65.6 Å². The van der Waals surface area contributed by atoms with Gasteiger partial charge in [-0.15, -0.1) is 0 Å². The molecular formula is C18H14ClN3. The van der Waals surface area contributed by atoms with Crippen molar-refractivity contribution in [1.29, 1.82) is 0 Å². The van der Waals surface area contributed by atoms with E-state index in [-0.39, 0.29) is 0 Å². The van der Waals surface area contributed by atoms with Gasteiger partial charge in [-0.3, -0.25) is 9.55 Å². The van der Waals surface area contributed by atoms with E-state index in [9.17, 15) is 0 Å². The van der Waals surface area contributed by atoms with Crippen LogP contribution < -0.4 is 0 Å². The lowest BCUT2D eigenvalue weighted by Gasteiger charge is -2.09. The number of hydrogen-bond donors (Lipinski definition) is 0. The van der Waals surface area contributed by atoms with Gasteiger partial charge in [-0.2, -0.15) is 0 Å². The van der Waals surface area contributed by atoms with Crippen LogP contribution in [0.25, 0.3) is 27.6 Å². The first-order chi connectivity index (χ1) is 10.8. The number of aromatic nitrogens is 3. The molecule has 2 aromatic heterocycles. The molecule has 0 N–H and O–H groups in total. The number of halogens is 1. The number of nitrogens with zero attached hydrogens (tertiary/aromatic N) is 3. The zero-order valence-corrected chi connectivity index (χ0v) is 12.9. The van der Waals surface area contributed by atoms with E-state index in [0.29, 0.717) is 5.02 Å². The molecule has 4 aromatic rings. The molecule has 0 aliphatic heterocycles. The van der Waals surface area contributed by atoms with Crippen molar-refractivity contribution in [2.45, 2.75) is 13.3 Å². The quantitative estimate of drug-likeness (QED) is 0.533. The number of hydrogen-bond acceptors (Lipinski definition) is 2. The second-order valence-electron chi connectivity index (χ2n) is 5.26. The minimum atomic E-state index is 0.707. The Morgan fingerprint density at radius 2 is 1.91 bits per heavy atom. The van der Waals surface area contributed by atoms with Crippen LogP contribution in [-0.4, -0.2) is 14.5 Å². The van der Waals surface area contributed by atoms with E-state index in [1.165, 1.54) is 5.56 Å². The van der Waals surface area contributed by atoms with Crippen LogP contribution in [0.2, 0.25) is 5.02 Å². The van der Waals surface area contributed by atoms with Crippen LogP contribution in [0.5, 0.6) is 0 Å². The predicted molar refractivity (Wildman–Crippen MR) is 90.8 cm³/mol. The van der Waals surface area contributed by atoms with Crippen LogP contribution in [0.1, 0.15) is 12.5 Å². The highest BCUT2D eigenvalue weighted by Gasteiger charge is 2.12. The molecule has 0 spiro atoms. The van der Waals surface area contributed by atoms with Crippen molar-refractivity contribution in [1.82, 2.24) is 14.5 Å². The molecule has 0 atom stereocenters. The molecule has 0 saturated carbocycles. The third-order valence-corrected chi connectivity index (χ3v) is 4.28. The first kappa shape index (κ1) is 13.3. The highest BCUT2D eigenvalue weighted by atomic mass is 35.5. The number of aryl methyl sites for hydroxylation is 1. The average molecular weight is 308 g/mol. The molecule has 0 unspecified atom stereocenters. The molecule has 4 heteroatoms. The summed E-state index contributed by atoms with van der Waals surface area (Å²) in [6, 6.07) is 14.2. The van der Waals surface area contributed by atoms with Gasteiger partial charge in [-0.1, -0.05) is 36.7 Å². The van der Waals surface area contributed by atoms with Gasteiger partial charge in [-0.05, 0) is 36.2 Å². The first-order valence-corrected chi connectivity index (χ1v) is 7.65. The normalized spacial score (nSPS) is 11.4. The molecule has 0 amide bonds. The van der Waals surface area contributed by atoms with Gasteiger partial charge >= 0.3 is 0 Å². The second kappa shape index (κ2) is 5.11. The lowest BCUT2D eigenvalue weighted by atomic mass is 10.1. The summed E-state index contributed by atoms with van der Waals surface area (Å²) in [5.41, 5.74) is 5.11. The number of fused-ring (bicyclic) bond motifs is 3. The Balaban J connectivity index is 2.12. The van der Waals surface area contributed by atoms with Gasteiger partial charge in [0, 0.05) is 5.39 Å². The van der Waals surface area contributed by atoms with E-state index in [0.717, 1.165) is 34.0 Å². The second-order valence-corrected chi connectivity index (χ2v) is 5.67. The Labute approximate surface area is 133 Å². The van der Waals surface area contributed by atoms with E-state index in [4.69, 9.17) is 11.6 Å². The summed E-state index contributed by atoms with van der Waals surface area (Å²) in [5, 5.41) is 1.81. The zero-order valence-electron chi connectivity index (χ0n) is 12.1. The summed E-state index contributed by atoms with van der Waals surface area (Å²) >= 11 is 6.36. The van der Waals surface area contributed by atoms with Gasteiger partial charge in [0.15, 0.2) is 0 Å². The van der Waals surface area contributed by atoms with Crippen LogP contribution >= 0.6 is 11.6 Å². The molecule has 0 saturated heterocycles. The maximum atomic E-state index is 6.36. The zero-order chi connectivity index (χ0) is 15.1. The van der Waals surface area contributed by atoms with Crippen molar-refractivity contribution in [3.63, 3.8) is 0 Å². The molecule has 2 aromatic carbocycles. The number of pyridine rings is 1. The van der Waals surface area contributed by atoms with Gasteiger partial charge in [0.25, 0.3) is 0 Å². The fourth-order valence-electron chi connectivity index (χ4n) is 2.79. The Bertz CT molecular complexity index is 988. The molecule has 3 nitrogen and oxygen atoms in total. The highest BCUT2D eigenvalue weighted by molar-refractivity contribution is 6.32. The lowest BCUT2D eigenvalue weighted by Crippen LogP contribution is -1.94. The topological polar surface area (TPSA) is 30.7 Å². The maximum Gasteiger partial charge on any atom is 0.108 e. The van der Waals surface area contributed by atoms with Crippen molar-refractivity contribution in [2.75, 3.05) is 0 Å². The van der Waals surface area contributed by atoms with Gasteiger partial charge in [0.2, 0.25) is 0 Å². The van der Waals surface area contributed by atoms with Crippen molar-refractivity contribution >= 4 is 33.5 Å². The highest BCUT2D eigenvalue weighted by Crippen LogP contribution is 2.29. The number of benzene rings is 2. The van der Waals surface area contributed by atoms with Crippen LogP contribution in [0.3, 0.4) is 0 Å². The Hall–Kier alpha value is -2.39. The summed E-state index contributed by atoms with van der Waals surface area (Å²) in [4.78, 5) is 8.99. The van der Waals surface area contributed by atoms with Crippen LogP contribution in [0.15, 0.2) is 55.0 Å². The van der Waals surface area contributed by atoms with Crippen LogP contribution in [0, 0.1) is 0 Å². The molecule has 0 aliphatic carbocycles.